The Morgan fingerprint density at radius 1 is 0.967 bits per heavy atom. The van der Waals surface area contributed by atoms with Crippen molar-refractivity contribution in [3.8, 4) is 5.75 Å². The highest BCUT2D eigenvalue weighted by Crippen LogP contribution is 2.39. The Labute approximate surface area is 169 Å². The lowest BCUT2D eigenvalue weighted by Gasteiger charge is -2.18. The van der Waals surface area contributed by atoms with Gasteiger partial charge in [-0.25, -0.2) is 9.78 Å². The average molecular weight is 423 g/mol. The molecule has 7 nitrogen and oxygen atoms in total. The highest BCUT2D eigenvalue weighted by Gasteiger charge is 2.37. The van der Waals surface area contributed by atoms with E-state index in [-0.39, 0.29) is 11.4 Å². The Morgan fingerprint density at radius 3 is 2.20 bits per heavy atom. The van der Waals surface area contributed by atoms with Crippen molar-refractivity contribution in [2.24, 2.45) is 0 Å². The van der Waals surface area contributed by atoms with Crippen molar-refractivity contribution >= 4 is 29.2 Å². The predicted octanol–water partition coefficient (Wildman–Crippen LogP) is 3.63. The summed E-state index contributed by atoms with van der Waals surface area (Å²) in [5.74, 6) is -3.81. The number of aromatic nitrogens is 1. The zero-order valence-electron chi connectivity index (χ0n) is 16.1. The van der Waals surface area contributed by atoms with E-state index in [0.717, 1.165) is 39.2 Å². The molecule has 0 amide bonds. The Hall–Kier alpha value is -3.69. The van der Waals surface area contributed by atoms with Gasteiger partial charge in [0.15, 0.2) is 11.5 Å². The standard InChI is InChI=1S/C20H16F3NO6/c1-11(25)29-15-9-6-10-24-17(15)18(30-12(2)26)16(19(27)28-3)13-7-4-5-8-14(13)20(21,22)23/h4-10H,1-3H3/b18-16+. The fourth-order valence-electron chi connectivity index (χ4n) is 2.54. The molecule has 0 fully saturated rings. The molecule has 2 aromatic rings. The third kappa shape index (κ3) is 5.22. The predicted molar refractivity (Wildman–Crippen MR) is 97.6 cm³/mol. The van der Waals surface area contributed by atoms with E-state index in [1.165, 1.54) is 24.4 Å². The zero-order chi connectivity index (χ0) is 22.5. The Morgan fingerprint density at radius 2 is 1.63 bits per heavy atom. The molecule has 10 heteroatoms. The normalized spacial score (nSPS) is 11.9. The largest absolute Gasteiger partial charge is 0.465 e. The molecule has 0 bridgehead atoms. The minimum Gasteiger partial charge on any atom is -0.465 e. The van der Waals surface area contributed by atoms with Crippen LogP contribution in [0.2, 0.25) is 0 Å². The molecule has 1 aromatic heterocycles. The van der Waals surface area contributed by atoms with Crippen molar-refractivity contribution in [2.75, 3.05) is 7.11 Å². The number of halogens is 3. The maximum atomic E-state index is 13.6. The number of carbonyl (C=O) groups excluding carboxylic acids is 3. The number of hydrogen-bond donors (Lipinski definition) is 0. The molecule has 1 heterocycles. The maximum absolute atomic E-state index is 13.6. The summed E-state index contributed by atoms with van der Waals surface area (Å²) >= 11 is 0. The van der Waals surface area contributed by atoms with E-state index in [4.69, 9.17) is 9.47 Å². The molecule has 30 heavy (non-hydrogen) atoms. The highest BCUT2D eigenvalue weighted by atomic mass is 19.4. The number of rotatable bonds is 5. The second kappa shape index (κ2) is 9.21. The van der Waals surface area contributed by atoms with E-state index in [1.54, 1.807) is 0 Å². The smallest absolute Gasteiger partial charge is 0.417 e. The Bertz CT molecular complexity index is 1010. The van der Waals surface area contributed by atoms with Gasteiger partial charge in [0, 0.05) is 25.6 Å². The fraction of sp³-hybridized carbons (Fsp3) is 0.200. The molecule has 0 aliphatic rings. The molecular weight excluding hydrogens is 407 g/mol. The number of benzene rings is 1. The van der Waals surface area contributed by atoms with Gasteiger partial charge in [-0.15, -0.1) is 0 Å². The van der Waals surface area contributed by atoms with Gasteiger partial charge in [0.25, 0.3) is 0 Å². The number of methoxy groups -OCH3 is 1. The quantitative estimate of drug-likeness (QED) is 0.412. The molecule has 0 saturated heterocycles. The van der Waals surface area contributed by atoms with Crippen LogP contribution in [0.5, 0.6) is 5.75 Å². The van der Waals surface area contributed by atoms with Crippen LogP contribution in [0.3, 0.4) is 0 Å². The molecule has 2 rings (SSSR count). The molecule has 0 atom stereocenters. The molecule has 0 N–H and O–H groups in total. The van der Waals surface area contributed by atoms with Gasteiger partial charge >= 0.3 is 24.1 Å². The van der Waals surface area contributed by atoms with Crippen LogP contribution < -0.4 is 4.74 Å². The molecule has 158 valence electrons. The van der Waals surface area contributed by atoms with E-state index in [2.05, 4.69) is 9.72 Å². The molecule has 0 unspecified atom stereocenters. The topological polar surface area (TPSA) is 91.8 Å². The first-order chi connectivity index (χ1) is 14.1. The van der Waals surface area contributed by atoms with Crippen molar-refractivity contribution < 1.29 is 41.8 Å². The SMILES string of the molecule is COC(=O)/C(=C(/OC(C)=O)c1ncccc1OC(C)=O)c1ccccc1C(F)(F)F. The summed E-state index contributed by atoms with van der Waals surface area (Å²) in [6.45, 7) is 2.07. The molecule has 1 aromatic carbocycles. The first-order valence-electron chi connectivity index (χ1n) is 8.37. The van der Waals surface area contributed by atoms with E-state index in [0.29, 0.717) is 0 Å². The fourth-order valence-corrected chi connectivity index (χ4v) is 2.54. The van der Waals surface area contributed by atoms with Crippen LogP contribution >= 0.6 is 0 Å². The van der Waals surface area contributed by atoms with Gasteiger partial charge in [0.2, 0.25) is 0 Å². The summed E-state index contributed by atoms with van der Waals surface area (Å²) in [5, 5.41) is 0. The van der Waals surface area contributed by atoms with E-state index >= 15 is 0 Å². The second-order valence-corrected chi connectivity index (χ2v) is 5.78. The molecule has 0 aliphatic carbocycles. The highest BCUT2D eigenvalue weighted by molar-refractivity contribution is 6.24. The van der Waals surface area contributed by atoms with Gasteiger partial charge in [-0.2, -0.15) is 13.2 Å². The van der Waals surface area contributed by atoms with Crippen LogP contribution in [0.1, 0.15) is 30.7 Å². The molecular formula is C20H16F3NO6. The third-order valence-corrected chi connectivity index (χ3v) is 3.60. The summed E-state index contributed by atoms with van der Waals surface area (Å²) in [6.07, 6.45) is -3.61. The summed E-state index contributed by atoms with van der Waals surface area (Å²) in [6, 6.07) is 6.84. The van der Waals surface area contributed by atoms with Crippen molar-refractivity contribution in [1.29, 1.82) is 0 Å². The summed E-state index contributed by atoms with van der Waals surface area (Å²) in [7, 11) is 0.954. The van der Waals surface area contributed by atoms with Crippen LogP contribution in [0, 0.1) is 0 Å². The van der Waals surface area contributed by atoms with Gasteiger partial charge < -0.3 is 14.2 Å². The number of nitrogens with zero attached hydrogens (tertiary/aromatic N) is 1. The van der Waals surface area contributed by atoms with Crippen LogP contribution in [0.25, 0.3) is 11.3 Å². The minimum atomic E-state index is -4.83. The summed E-state index contributed by atoms with van der Waals surface area (Å²) in [5.41, 5.74) is -2.82. The lowest BCUT2D eigenvalue weighted by atomic mass is 9.96. The molecule has 0 saturated carbocycles. The number of hydrogen-bond acceptors (Lipinski definition) is 7. The minimum absolute atomic E-state index is 0.229. The van der Waals surface area contributed by atoms with Crippen molar-refractivity contribution in [2.45, 2.75) is 20.0 Å². The molecule has 0 spiro atoms. The van der Waals surface area contributed by atoms with Gasteiger partial charge in [0.1, 0.15) is 11.3 Å². The lowest BCUT2D eigenvalue weighted by Crippen LogP contribution is -2.16. The summed E-state index contributed by atoms with van der Waals surface area (Å²) < 4.78 is 55.5. The maximum Gasteiger partial charge on any atom is 0.417 e. The van der Waals surface area contributed by atoms with Crippen LogP contribution in [0.4, 0.5) is 13.2 Å². The van der Waals surface area contributed by atoms with E-state index in [1.807, 2.05) is 0 Å². The van der Waals surface area contributed by atoms with Crippen molar-refractivity contribution in [3.63, 3.8) is 0 Å². The number of ether oxygens (including phenoxy) is 3. The van der Waals surface area contributed by atoms with Gasteiger partial charge in [-0.1, -0.05) is 18.2 Å². The zero-order valence-corrected chi connectivity index (χ0v) is 16.1. The second-order valence-electron chi connectivity index (χ2n) is 5.78. The lowest BCUT2D eigenvalue weighted by molar-refractivity contribution is -0.138. The first kappa shape index (κ1) is 22.6. The third-order valence-electron chi connectivity index (χ3n) is 3.60. The number of esters is 3. The van der Waals surface area contributed by atoms with Crippen molar-refractivity contribution in [1.82, 2.24) is 4.98 Å². The van der Waals surface area contributed by atoms with Crippen LogP contribution in [-0.2, 0) is 30.0 Å². The van der Waals surface area contributed by atoms with E-state index < -0.39 is 46.5 Å². The van der Waals surface area contributed by atoms with Crippen LogP contribution in [-0.4, -0.2) is 30.0 Å². The monoisotopic (exact) mass is 423 g/mol. The average Bonchev–Trinajstić information content (AvgIpc) is 2.66. The van der Waals surface area contributed by atoms with Crippen LogP contribution in [0.15, 0.2) is 42.6 Å². The Kier molecular flexibility index (Phi) is 6.93. The van der Waals surface area contributed by atoms with Gasteiger partial charge in [0.05, 0.1) is 12.7 Å². The number of alkyl halides is 3. The van der Waals surface area contributed by atoms with E-state index in [9.17, 15) is 27.6 Å². The van der Waals surface area contributed by atoms with Gasteiger partial charge in [-0.05, 0) is 18.2 Å². The Balaban J connectivity index is 2.96. The molecule has 0 aliphatic heterocycles. The van der Waals surface area contributed by atoms with Gasteiger partial charge in [-0.3, -0.25) is 9.59 Å². The number of carbonyl (C=O) groups is 3. The first-order valence-corrected chi connectivity index (χ1v) is 8.37. The summed E-state index contributed by atoms with van der Waals surface area (Å²) in [4.78, 5) is 39.6. The number of pyridine rings is 1. The molecule has 0 radical (unpaired) electrons. The van der Waals surface area contributed by atoms with Crippen molar-refractivity contribution in [3.05, 3.63) is 59.4 Å².